The van der Waals surface area contributed by atoms with Crippen molar-refractivity contribution in [1.29, 1.82) is 0 Å². The molecule has 0 bridgehead atoms. The summed E-state index contributed by atoms with van der Waals surface area (Å²) in [6.07, 6.45) is 0.150. The Labute approximate surface area is 742 Å². The van der Waals surface area contributed by atoms with E-state index in [-0.39, 0.29) is 76.1 Å². The lowest BCUT2D eigenvalue weighted by atomic mass is 10.0. The molecule has 42 nitrogen and oxygen atoms in total. The summed E-state index contributed by atoms with van der Waals surface area (Å²) in [4.78, 5) is 240. The molecule has 6 rings (SSSR count). The van der Waals surface area contributed by atoms with Gasteiger partial charge in [-0.15, -0.1) is 0 Å². The van der Waals surface area contributed by atoms with E-state index < -0.39 is 230 Å². The van der Waals surface area contributed by atoms with Crippen LogP contribution >= 0.6 is 25.3 Å². The number of unbranched alkanes of at least 4 members (excludes halogenated alkanes) is 2. The minimum Gasteiger partial charge on any atom is -0.508 e. The molecule has 17 amide bonds. The topological polar surface area (TPSA) is 696 Å². The first-order chi connectivity index (χ1) is 60.6. The fourth-order valence-electron chi connectivity index (χ4n) is 13.2. The first-order valence-electron chi connectivity index (χ1n) is 41.2. The van der Waals surface area contributed by atoms with Gasteiger partial charge in [-0.25, -0.2) is 0 Å². The van der Waals surface area contributed by atoms with Gasteiger partial charge in [-0.05, 0) is 118 Å². The number of carbonyl (C=O) groups excluding carboxylic acids is 17. The molecule has 127 heavy (non-hydrogen) atoms. The Morgan fingerprint density at radius 3 is 1.27 bits per heavy atom. The number of para-hydroxylation sites is 2. The summed E-state index contributed by atoms with van der Waals surface area (Å²) in [6.45, 7) is 0.954. The molecule has 0 saturated heterocycles. The summed E-state index contributed by atoms with van der Waals surface area (Å²) in [5.41, 5.74) is 37.0. The summed E-state index contributed by atoms with van der Waals surface area (Å²) in [5.74, 6) is -16.7. The molecule has 0 saturated carbocycles. The second kappa shape index (κ2) is 53.5. The minimum atomic E-state index is -1.92. The molecule has 0 aliphatic carbocycles. The van der Waals surface area contributed by atoms with Crippen LogP contribution in [-0.2, 0) is 112 Å². The second-order valence-electron chi connectivity index (χ2n) is 30.0. The van der Waals surface area contributed by atoms with Crippen molar-refractivity contribution in [2.24, 2.45) is 34.4 Å². The highest BCUT2D eigenvalue weighted by atomic mass is 32.1. The number of aromatic amines is 2. The first kappa shape index (κ1) is 103. The molecule has 0 unspecified atom stereocenters. The number of nitrogens with two attached hydrogens (primary N) is 6. The monoisotopic (exact) mass is 1800 g/mol. The smallest absolute Gasteiger partial charge is 0.246 e. The number of amides is 17. The van der Waals surface area contributed by atoms with Gasteiger partial charge in [-0.2, -0.15) is 25.3 Å². The number of aliphatic hydroxyl groups excluding tert-OH is 1. The number of hydrogen-bond donors (Lipinski definition) is 26. The van der Waals surface area contributed by atoms with E-state index in [9.17, 15) is 82.1 Å². The Morgan fingerprint density at radius 2 is 0.803 bits per heavy atom. The number of rotatable bonds is 57. The van der Waals surface area contributed by atoms with Crippen LogP contribution in [0.2, 0.25) is 0 Å². The van der Waals surface area contributed by atoms with Crippen molar-refractivity contribution in [3.05, 3.63) is 138 Å². The predicted octanol–water partition coefficient (Wildman–Crippen LogP) is -5.81. The number of thiol groups is 2. The highest BCUT2D eigenvalue weighted by molar-refractivity contribution is 7.80. The number of ether oxygens (including phenoxy) is 1. The number of nitrogens with one attached hydrogen (secondary N) is 16. The van der Waals surface area contributed by atoms with E-state index in [0.717, 1.165) is 13.8 Å². The molecule has 2 heterocycles. The fourth-order valence-corrected chi connectivity index (χ4v) is 13.7. The summed E-state index contributed by atoms with van der Waals surface area (Å²) in [5, 5.41) is 58.0. The standard InChI is InChI=1S/C83H116N22O20S2/c1-45(106)71(105-76(117)59(27-29-68(88)110)98-81(122)65(43-126)94-46(2)107)83(124)102-63(37-50-40-92-55-19-9-7-17-53(50)55)79(120)97-58(26-28-67(87)109)75(116)104-66(44-127)82(123)100-61(35-48-22-24-51(108)25-23-48)77(118)101-62(36-49-39-91-54-18-8-6-16-52(49)54)78(119)96-57(21-11-13-31-85)74(115)103-64(38-86)80(121)99-60(34-47-14-4-3-5-15-47)73(114)93-41-69(111)90-32-33-125-42-70(112)95-56(72(89)113)20-10-12-30-84/h3-9,14-19,22-25,39-40,45,56-66,71,91-92,106,108,126-127H,10-13,20-21,26-38,41-44,84-86H2,1-2H3,(H2,87,109)(H2,88,110)(H2,89,113)(H,90,111)(H,93,114)(H,94,107)(H,95,112)(H,96,119)(H,97,120)(H,98,122)(H,99,121)(H,100,123)(H,101,118)(H,102,124)(H,103,115)(H,104,116)(H,105,117)/t45-,56-,57+,58+,59+,60+,61+,62+,63+,64+,65+,66+,71+/m1/s1. The van der Waals surface area contributed by atoms with Crippen LogP contribution < -0.4 is 109 Å². The zero-order valence-electron chi connectivity index (χ0n) is 70.3. The van der Waals surface area contributed by atoms with Gasteiger partial charge < -0.3 is 134 Å². The van der Waals surface area contributed by atoms with Crippen LogP contribution in [0.1, 0.15) is 100 Å². The third-order valence-electron chi connectivity index (χ3n) is 20.1. The molecule has 6 aromatic rings. The SMILES string of the molecule is CC(=O)N[C@@H](CS)C(=O)N[C@@H](CCC(N)=O)C(=O)N[C@H](C(=O)N[C@@H](Cc1c[nH]c2ccccc12)C(=O)N[C@@H](CCC(N)=O)C(=O)N[C@@H](CS)C(=O)N[C@@H](Cc1ccc(O)cc1)C(=O)N[C@@H](Cc1c[nH]c2ccccc12)C(=O)N[C@@H](CCCCN)C(=O)N[C@@H](CN)C(=O)N[C@@H](Cc1ccccc1)C(=O)NCC(=O)NCCOCC(=O)N[C@H](CCCCN)C(N)=O)[C@@H](C)O. The summed E-state index contributed by atoms with van der Waals surface area (Å²) < 4.78 is 5.34. The van der Waals surface area contributed by atoms with Crippen LogP contribution in [0.3, 0.4) is 0 Å². The molecule has 0 aliphatic rings. The molecular formula is C83H116N22O20S2. The molecule has 30 N–H and O–H groups in total. The lowest BCUT2D eigenvalue weighted by Crippen LogP contribution is -2.62. The number of phenols is 1. The van der Waals surface area contributed by atoms with E-state index in [1.54, 1.807) is 85.1 Å². The zero-order chi connectivity index (χ0) is 93.2. The van der Waals surface area contributed by atoms with Crippen LogP contribution in [0.15, 0.2) is 116 Å². The Balaban J connectivity index is 1.23. The number of H-pyrrole nitrogens is 2. The molecule has 0 spiro atoms. The molecule has 0 aliphatic heterocycles. The van der Waals surface area contributed by atoms with Crippen molar-refractivity contribution in [2.45, 2.75) is 182 Å². The first-order valence-corrected chi connectivity index (χ1v) is 42.4. The second-order valence-corrected chi connectivity index (χ2v) is 30.8. The molecule has 2 aromatic heterocycles. The number of aliphatic hydroxyl groups is 1. The molecule has 0 radical (unpaired) electrons. The largest absolute Gasteiger partial charge is 0.508 e. The predicted molar refractivity (Wildman–Crippen MR) is 472 cm³/mol. The molecular weight excluding hydrogens is 1690 g/mol. The van der Waals surface area contributed by atoms with Gasteiger partial charge in [0.25, 0.3) is 0 Å². The maximum Gasteiger partial charge on any atom is 0.246 e. The number of phenolic OH excluding ortho intramolecular Hbond substituents is 1. The summed E-state index contributed by atoms with van der Waals surface area (Å²) >= 11 is 8.49. The molecule has 13 atom stereocenters. The lowest BCUT2D eigenvalue weighted by Gasteiger charge is -2.29. The van der Waals surface area contributed by atoms with Gasteiger partial charge in [0.05, 0.1) is 19.3 Å². The third kappa shape index (κ3) is 35.0. The molecule has 690 valence electrons. The number of carbonyl (C=O) groups is 17. The maximum atomic E-state index is 15.3. The number of benzene rings is 4. The van der Waals surface area contributed by atoms with Crippen molar-refractivity contribution in [1.82, 2.24) is 84.4 Å². The van der Waals surface area contributed by atoms with Gasteiger partial charge in [-0.1, -0.05) is 78.9 Å². The van der Waals surface area contributed by atoms with Crippen molar-refractivity contribution in [3.63, 3.8) is 0 Å². The number of primary amides is 3. The van der Waals surface area contributed by atoms with Gasteiger partial charge in [0, 0.05) is 104 Å². The van der Waals surface area contributed by atoms with Gasteiger partial charge in [0.2, 0.25) is 100 Å². The van der Waals surface area contributed by atoms with E-state index >= 15 is 9.59 Å². The lowest BCUT2D eigenvalue weighted by molar-refractivity contribution is -0.137. The van der Waals surface area contributed by atoms with Gasteiger partial charge >= 0.3 is 0 Å². The van der Waals surface area contributed by atoms with E-state index in [1.807, 2.05) is 0 Å². The van der Waals surface area contributed by atoms with Crippen molar-refractivity contribution in [3.8, 4) is 5.75 Å². The summed E-state index contributed by atoms with van der Waals surface area (Å²) in [6, 6.07) is 9.10. The molecule has 44 heteroatoms. The maximum absolute atomic E-state index is 15.3. The molecule has 0 fully saturated rings. The highest BCUT2D eigenvalue weighted by Gasteiger charge is 2.39. The van der Waals surface area contributed by atoms with Crippen molar-refractivity contribution < 1.29 is 96.5 Å². The zero-order valence-corrected chi connectivity index (χ0v) is 72.1. The third-order valence-corrected chi connectivity index (χ3v) is 20.8. The van der Waals surface area contributed by atoms with E-state index in [4.69, 9.17) is 39.1 Å². The molecule has 4 aromatic carbocycles. The Bertz CT molecular complexity index is 4750. The number of aromatic nitrogens is 2. The van der Waals surface area contributed by atoms with Crippen LogP contribution in [0.4, 0.5) is 0 Å². The average molecular weight is 1810 g/mol. The highest BCUT2D eigenvalue weighted by Crippen LogP contribution is 2.23. The number of fused-ring (bicyclic) bond motifs is 2. The van der Waals surface area contributed by atoms with Gasteiger partial charge in [-0.3, -0.25) is 81.5 Å². The van der Waals surface area contributed by atoms with Gasteiger partial charge in [0.15, 0.2) is 0 Å². The van der Waals surface area contributed by atoms with Crippen LogP contribution in [0, 0.1) is 0 Å². The Hall–Kier alpha value is -12.7. The van der Waals surface area contributed by atoms with E-state index in [0.29, 0.717) is 69.9 Å². The number of hydrogen-bond acceptors (Lipinski definition) is 25. The quantitative estimate of drug-likeness (QED) is 0.0125. The Morgan fingerprint density at radius 1 is 0.409 bits per heavy atom. The van der Waals surface area contributed by atoms with Gasteiger partial charge in [0.1, 0.15) is 84.9 Å². The minimum absolute atomic E-state index is 0.101. The van der Waals surface area contributed by atoms with Crippen LogP contribution in [0.25, 0.3) is 21.8 Å². The fraction of sp³-hybridized carbons (Fsp3) is 0.458. The normalized spacial score (nSPS) is 14.2. The number of aromatic hydroxyl groups is 1. The van der Waals surface area contributed by atoms with Crippen LogP contribution in [0.5, 0.6) is 5.75 Å². The Kier molecular flexibility index (Phi) is 43.4. The summed E-state index contributed by atoms with van der Waals surface area (Å²) in [7, 11) is 0. The van der Waals surface area contributed by atoms with Crippen LogP contribution in [-0.4, -0.2) is 257 Å². The average Bonchev–Trinajstić information content (AvgIpc) is 1.74. The van der Waals surface area contributed by atoms with E-state index in [2.05, 4.69) is 110 Å². The van der Waals surface area contributed by atoms with Crippen molar-refractivity contribution >= 4 is 147 Å². The van der Waals surface area contributed by atoms with Crippen molar-refractivity contribution in [2.75, 3.05) is 57.4 Å². The van der Waals surface area contributed by atoms with E-state index in [1.165, 1.54) is 30.5 Å².